The lowest BCUT2D eigenvalue weighted by molar-refractivity contribution is 0.0997. The van der Waals surface area contributed by atoms with Crippen LogP contribution in [-0.4, -0.2) is 40.3 Å². The monoisotopic (exact) mass is 442 g/mol. The minimum Gasteiger partial charge on any atom is -0.383 e. The fourth-order valence-electron chi connectivity index (χ4n) is 2.79. The normalized spacial score (nSPS) is 10.5. The molecule has 31 heavy (non-hydrogen) atoms. The van der Waals surface area contributed by atoms with E-state index < -0.39 is 11.6 Å². The van der Waals surface area contributed by atoms with Gasteiger partial charge in [0.1, 0.15) is 12.1 Å². The van der Waals surface area contributed by atoms with Gasteiger partial charge >= 0.3 is 5.69 Å². The first-order chi connectivity index (χ1) is 14.7. The minimum atomic E-state index is -0.741. The van der Waals surface area contributed by atoms with Gasteiger partial charge in [0.25, 0.3) is 5.91 Å². The van der Waals surface area contributed by atoms with E-state index in [9.17, 15) is 9.59 Å². The molecule has 13 heteroatoms. The van der Waals surface area contributed by atoms with Crippen molar-refractivity contribution in [1.29, 1.82) is 0 Å². The van der Waals surface area contributed by atoms with Crippen molar-refractivity contribution in [2.24, 2.45) is 12.8 Å². The number of fused-ring (bicyclic) bond motifs is 1. The first-order valence-corrected chi connectivity index (χ1v) is 9.35. The van der Waals surface area contributed by atoms with E-state index in [0.717, 1.165) is 32.3 Å². The smallest absolute Gasteiger partial charge is 0.352 e. The molecule has 0 atom stereocenters. The summed E-state index contributed by atoms with van der Waals surface area (Å²) in [5, 5.41) is 7.83. The summed E-state index contributed by atoms with van der Waals surface area (Å²) in [7, 11) is 1.44. The minimum absolute atomic E-state index is 0.0600. The predicted molar refractivity (Wildman–Crippen MR) is 115 cm³/mol. The second-order valence-electron chi connectivity index (χ2n) is 6.30. The maximum atomic E-state index is 11.4. The van der Waals surface area contributed by atoms with E-state index in [4.69, 9.17) is 28.8 Å². The summed E-state index contributed by atoms with van der Waals surface area (Å²) in [4.78, 5) is 34.1. The molecule has 0 fully saturated rings. The Morgan fingerprint density at radius 3 is 2.45 bits per heavy atom. The van der Waals surface area contributed by atoms with Crippen LogP contribution in [0.3, 0.4) is 0 Å². The van der Waals surface area contributed by atoms with Crippen molar-refractivity contribution in [1.82, 2.24) is 34.3 Å². The molecule has 0 aliphatic heterocycles. The quantitative estimate of drug-likeness (QED) is 0.404. The molecule has 0 bridgehead atoms. The first kappa shape index (κ1) is 21.6. The number of anilines is 2. The molecule has 0 spiro atoms. The zero-order chi connectivity index (χ0) is 22.7. The first-order valence-electron chi connectivity index (χ1n) is 8.97. The van der Waals surface area contributed by atoms with Gasteiger partial charge in [-0.05, 0) is 24.1 Å². The Hall–Kier alpha value is -4.06. The van der Waals surface area contributed by atoms with Gasteiger partial charge in [0.15, 0.2) is 11.3 Å². The van der Waals surface area contributed by atoms with Crippen LogP contribution in [-0.2, 0) is 13.5 Å². The number of hydrogen-bond acceptors (Lipinski definition) is 9. The van der Waals surface area contributed by atoms with Crippen LogP contribution >= 0.6 is 11.6 Å². The molecule has 4 aromatic rings. The number of aryl methyl sites for hydroxylation is 2. The van der Waals surface area contributed by atoms with Crippen LogP contribution in [0, 0.1) is 0 Å². The van der Waals surface area contributed by atoms with E-state index >= 15 is 0 Å². The number of imidazole rings is 1. The highest BCUT2D eigenvalue weighted by atomic mass is 35.5. The molecule has 12 nitrogen and oxygen atoms in total. The third-order valence-corrected chi connectivity index (χ3v) is 4.48. The molecular formula is C18H19ClN10O2. The number of primary amides is 1. The van der Waals surface area contributed by atoms with Gasteiger partial charge in [0, 0.05) is 17.6 Å². The summed E-state index contributed by atoms with van der Waals surface area (Å²) < 4.78 is 2.13. The van der Waals surface area contributed by atoms with Crippen LogP contribution in [0.5, 0.6) is 0 Å². The number of halogens is 1. The molecule has 0 saturated carbocycles. The summed E-state index contributed by atoms with van der Waals surface area (Å²) >= 11 is 5.86. The predicted octanol–water partition coefficient (Wildman–Crippen LogP) is 0.446. The Bertz CT molecular complexity index is 1310. The number of amides is 1. The largest absolute Gasteiger partial charge is 0.383 e. The number of aromatic nitrogens is 7. The zero-order valence-electron chi connectivity index (χ0n) is 16.7. The Labute approximate surface area is 180 Å². The molecule has 1 aromatic carbocycles. The van der Waals surface area contributed by atoms with Gasteiger partial charge < -0.3 is 17.2 Å². The molecule has 160 valence electrons. The number of nitrogen functional groups attached to an aromatic ring is 2. The Kier molecular flexibility index (Phi) is 6.11. The molecule has 3 aromatic heterocycles. The van der Waals surface area contributed by atoms with Gasteiger partial charge in [-0.3, -0.25) is 4.79 Å². The van der Waals surface area contributed by atoms with E-state index in [2.05, 4.69) is 25.3 Å². The van der Waals surface area contributed by atoms with E-state index in [1.165, 1.54) is 13.4 Å². The molecule has 0 radical (unpaired) electrons. The molecule has 0 unspecified atom stereocenters. The number of carbonyl (C=O) groups is 1. The maximum Gasteiger partial charge on any atom is 0.352 e. The van der Waals surface area contributed by atoms with E-state index in [-0.39, 0.29) is 17.3 Å². The zero-order valence-corrected chi connectivity index (χ0v) is 17.4. The number of hydrogen-bond donors (Lipinski definition) is 3. The van der Waals surface area contributed by atoms with Gasteiger partial charge in [0.2, 0.25) is 5.95 Å². The van der Waals surface area contributed by atoms with Crippen molar-refractivity contribution in [2.45, 2.75) is 13.3 Å². The highest BCUT2D eigenvalue weighted by Crippen LogP contribution is 2.29. The molecule has 1 amide bonds. The lowest BCUT2D eigenvalue weighted by Gasteiger charge is -2.10. The van der Waals surface area contributed by atoms with E-state index in [0.29, 0.717) is 10.8 Å². The number of carbonyl (C=O) groups excluding carboxylic acids is 1. The number of nitrogens with zero attached hydrogens (tertiary/aromatic N) is 7. The van der Waals surface area contributed by atoms with E-state index in [1.54, 1.807) is 0 Å². The van der Waals surface area contributed by atoms with E-state index in [1.807, 2.05) is 31.2 Å². The molecule has 3 heterocycles. The van der Waals surface area contributed by atoms with Gasteiger partial charge in [-0.1, -0.05) is 35.9 Å². The van der Waals surface area contributed by atoms with Gasteiger partial charge in [-0.15, -0.1) is 5.10 Å². The SMILES string of the molecule is CCc1nc(N)nc(N)c1-c1ccc(Cl)cc1.Cn1nnc2c(C(N)=O)ncn2c1=O. The molecule has 0 saturated heterocycles. The fraction of sp³-hybridized carbons (Fsp3) is 0.167. The van der Waals surface area contributed by atoms with Crippen LogP contribution in [0.2, 0.25) is 5.02 Å². The summed E-state index contributed by atoms with van der Waals surface area (Å²) in [5.41, 5.74) is 18.7. The lowest BCUT2D eigenvalue weighted by atomic mass is 10.0. The van der Waals surface area contributed by atoms with Gasteiger partial charge in [-0.25, -0.2) is 19.2 Å². The molecule has 0 aliphatic carbocycles. The summed E-state index contributed by atoms with van der Waals surface area (Å²) in [6, 6.07) is 7.41. The Balaban J connectivity index is 0.000000179. The van der Waals surface area contributed by atoms with Gasteiger partial charge in [0.05, 0.1) is 5.69 Å². The second-order valence-corrected chi connectivity index (χ2v) is 6.73. The van der Waals surface area contributed by atoms with Crippen LogP contribution in [0.15, 0.2) is 35.4 Å². The number of rotatable bonds is 3. The van der Waals surface area contributed by atoms with Gasteiger partial charge in [-0.2, -0.15) is 9.67 Å². The van der Waals surface area contributed by atoms with Crippen molar-refractivity contribution in [3.8, 4) is 11.1 Å². The van der Waals surface area contributed by atoms with Crippen molar-refractivity contribution in [3.05, 3.63) is 57.5 Å². The molecule has 4 rings (SSSR count). The van der Waals surface area contributed by atoms with Crippen LogP contribution < -0.4 is 22.9 Å². The number of nitrogens with two attached hydrogens (primary N) is 3. The van der Waals surface area contributed by atoms with Crippen LogP contribution in [0.1, 0.15) is 23.1 Å². The second kappa shape index (κ2) is 8.75. The molecular weight excluding hydrogens is 424 g/mol. The summed E-state index contributed by atoms with van der Waals surface area (Å²) in [6.45, 7) is 2.00. The highest BCUT2D eigenvalue weighted by molar-refractivity contribution is 6.30. The molecule has 0 aliphatic rings. The average molecular weight is 443 g/mol. The Morgan fingerprint density at radius 2 is 1.84 bits per heavy atom. The molecule has 6 N–H and O–H groups in total. The topological polar surface area (TPSA) is 186 Å². The van der Waals surface area contributed by atoms with Crippen molar-refractivity contribution >= 4 is 34.9 Å². The Morgan fingerprint density at radius 1 is 1.16 bits per heavy atom. The average Bonchev–Trinajstić information content (AvgIpc) is 3.17. The maximum absolute atomic E-state index is 11.4. The highest BCUT2D eigenvalue weighted by Gasteiger charge is 2.14. The lowest BCUT2D eigenvalue weighted by Crippen LogP contribution is -2.27. The van der Waals surface area contributed by atoms with Crippen LogP contribution in [0.25, 0.3) is 16.8 Å². The van der Waals surface area contributed by atoms with Crippen molar-refractivity contribution in [2.75, 3.05) is 11.5 Å². The van der Waals surface area contributed by atoms with Crippen molar-refractivity contribution < 1.29 is 4.79 Å². The third-order valence-electron chi connectivity index (χ3n) is 4.23. The third kappa shape index (κ3) is 4.43. The fourth-order valence-corrected chi connectivity index (χ4v) is 2.91. The number of benzene rings is 1. The van der Waals surface area contributed by atoms with Crippen LogP contribution in [0.4, 0.5) is 11.8 Å². The summed E-state index contributed by atoms with van der Waals surface area (Å²) in [5.74, 6) is -0.135. The standard InChI is InChI=1S/C12H13ClN4.C6H6N6O2/c1-2-9-10(11(14)17-12(15)16-9)7-3-5-8(13)6-4-7;1-11-6(14)12-2-8-3(4(7)13)5(12)9-10-11/h3-6H,2H2,1H3,(H4,14,15,16,17);2H,1H3,(H2,7,13). The van der Waals surface area contributed by atoms with Crippen molar-refractivity contribution in [3.63, 3.8) is 0 Å². The summed E-state index contributed by atoms with van der Waals surface area (Å²) in [6.07, 6.45) is 1.93.